The van der Waals surface area contributed by atoms with E-state index in [1.165, 1.54) is 0 Å². The molecule has 13 heavy (non-hydrogen) atoms. The fourth-order valence-corrected chi connectivity index (χ4v) is 2.38. The van der Waals surface area contributed by atoms with Gasteiger partial charge in [0.25, 0.3) is 0 Å². The fourth-order valence-electron chi connectivity index (χ4n) is 1.11. The van der Waals surface area contributed by atoms with Crippen LogP contribution in [0.15, 0.2) is 0 Å². The number of hydrogen-bond acceptors (Lipinski definition) is 3. The SMILES string of the molecule is CC[C@@]1(C)S[C@H](C(C)(C)C)OC1=O. The van der Waals surface area contributed by atoms with E-state index in [0.717, 1.165) is 6.42 Å². The third-order valence-corrected chi connectivity index (χ3v) is 4.39. The second-order valence-corrected chi connectivity index (χ2v) is 6.37. The van der Waals surface area contributed by atoms with Crippen LogP contribution < -0.4 is 0 Å². The van der Waals surface area contributed by atoms with E-state index in [1.807, 2.05) is 13.8 Å². The lowest BCUT2D eigenvalue weighted by Gasteiger charge is -2.25. The van der Waals surface area contributed by atoms with Gasteiger partial charge >= 0.3 is 5.97 Å². The average Bonchev–Trinajstić information content (AvgIpc) is 2.29. The van der Waals surface area contributed by atoms with Gasteiger partial charge in [0, 0.05) is 5.41 Å². The van der Waals surface area contributed by atoms with Crippen molar-refractivity contribution in [1.29, 1.82) is 0 Å². The largest absolute Gasteiger partial charge is 0.450 e. The summed E-state index contributed by atoms with van der Waals surface area (Å²) in [6.07, 6.45) is 0.836. The van der Waals surface area contributed by atoms with E-state index in [9.17, 15) is 4.79 Å². The zero-order valence-electron chi connectivity index (χ0n) is 9.01. The molecular formula is C10H18O2S. The summed E-state index contributed by atoms with van der Waals surface area (Å²) in [6.45, 7) is 10.3. The predicted octanol–water partition coefficient (Wildman–Crippen LogP) is 2.82. The third kappa shape index (κ3) is 2.01. The summed E-state index contributed by atoms with van der Waals surface area (Å²) in [5.74, 6) is -0.0556. The molecule has 0 radical (unpaired) electrons. The molecule has 1 saturated heterocycles. The Bertz CT molecular complexity index is 219. The molecule has 0 aromatic rings. The normalized spacial score (nSPS) is 34.8. The smallest absolute Gasteiger partial charge is 0.323 e. The van der Waals surface area contributed by atoms with Crippen molar-refractivity contribution < 1.29 is 9.53 Å². The molecule has 0 amide bonds. The number of ether oxygens (including phenoxy) is 1. The predicted molar refractivity (Wildman–Crippen MR) is 55.6 cm³/mol. The molecule has 1 aliphatic heterocycles. The summed E-state index contributed by atoms with van der Waals surface area (Å²) < 4.78 is 5.03. The molecule has 1 fully saturated rings. The molecule has 0 unspecified atom stereocenters. The van der Waals surface area contributed by atoms with Crippen molar-refractivity contribution in [1.82, 2.24) is 0 Å². The van der Waals surface area contributed by atoms with Crippen LogP contribution in [0.5, 0.6) is 0 Å². The summed E-state index contributed by atoms with van der Waals surface area (Å²) in [4.78, 5) is 11.5. The third-order valence-electron chi connectivity index (χ3n) is 2.39. The van der Waals surface area contributed by atoms with Crippen molar-refractivity contribution in [3.8, 4) is 0 Å². The molecule has 3 heteroatoms. The maximum absolute atomic E-state index is 11.5. The standard InChI is InChI=1S/C10H18O2S/c1-6-10(5)7(11)12-8(13-10)9(2,3)4/h8H,6H2,1-5H3/t8-,10-/m1/s1. The highest BCUT2D eigenvalue weighted by molar-refractivity contribution is 8.02. The summed E-state index contributed by atoms with van der Waals surface area (Å²) >= 11 is 1.66. The lowest BCUT2D eigenvalue weighted by atomic mass is 9.98. The average molecular weight is 202 g/mol. The number of carbonyl (C=O) groups is 1. The highest BCUT2D eigenvalue weighted by Crippen LogP contribution is 2.47. The van der Waals surface area contributed by atoms with Crippen LogP contribution in [0.2, 0.25) is 0 Å². The molecule has 0 N–H and O–H groups in total. The Morgan fingerprint density at radius 1 is 1.54 bits per heavy atom. The van der Waals surface area contributed by atoms with Gasteiger partial charge in [-0.2, -0.15) is 0 Å². The second kappa shape index (κ2) is 3.19. The Labute approximate surface area is 84.4 Å². The highest BCUT2D eigenvalue weighted by Gasteiger charge is 2.48. The number of thioether (sulfide) groups is 1. The quantitative estimate of drug-likeness (QED) is 0.612. The topological polar surface area (TPSA) is 26.3 Å². The molecule has 2 atom stereocenters. The van der Waals surface area contributed by atoms with E-state index in [-0.39, 0.29) is 21.6 Å². The Hall–Kier alpha value is -0.180. The summed E-state index contributed by atoms with van der Waals surface area (Å²) in [7, 11) is 0. The van der Waals surface area contributed by atoms with Crippen LogP contribution in [0.1, 0.15) is 41.0 Å². The zero-order chi connectivity index (χ0) is 10.3. The van der Waals surface area contributed by atoms with Crippen molar-refractivity contribution in [3.05, 3.63) is 0 Å². The molecule has 2 nitrogen and oxygen atoms in total. The van der Waals surface area contributed by atoms with E-state index in [1.54, 1.807) is 11.8 Å². The first-order valence-electron chi connectivity index (χ1n) is 4.68. The molecule has 0 aromatic heterocycles. The second-order valence-electron chi connectivity index (χ2n) is 4.81. The van der Waals surface area contributed by atoms with Gasteiger partial charge in [0.05, 0.1) is 0 Å². The Kier molecular flexibility index (Phi) is 2.68. The lowest BCUT2D eigenvalue weighted by molar-refractivity contribution is -0.148. The van der Waals surface area contributed by atoms with Gasteiger partial charge in [-0.25, -0.2) is 0 Å². The van der Waals surface area contributed by atoms with Crippen LogP contribution in [-0.2, 0) is 9.53 Å². The van der Waals surface area contributed by atoms with Crippen LogP contribution >= 0.6 is 11.8 Å². The van der Waals surface area contributed by atoms with Gasteiger partial charge in [0.2, 0.25) is 0 Å². The Morgan fingerprint density at radius 2 is 2.08 bits per heavy atom. The van der Waals surface area contributed by atoms with Gasteiger partial charge in [-0.3, -0.25) is 4.79 Å². The lowest BCUT2D eigenvalue weighted by Crippen LogP contribution is -2.25. The summed E-state index contributed by atoms with van der Waals surface area (Å²) in [6, 6.07) is 0. The maximum Gasteiger partial charge on any atom is 0.323 e. The minimum Gasteiger partial charge on any atom is -0.450 e. The number of rotatable bonds is 1. The number of esters is 1. The monoisotopic (exact) mass is 202 g/mol. The van der Waals surface area contributed by atoms with Crippen LogP contribution in [0, 0.1) is 5.41 Å². The minimum absolute atomic E-state index is 0.00458. The molecule has 0 aliphatic carbocycles. The molecule has 0 aromatic carbocycles. The van der Waals surface area contributed by atoms with Crippen LogP contribution in [0.25, 0.3) is 0 Å². The number of hydrogen-bond donors (Lipinski definition) is 0. The van der Waals surface area contributed by atoms with Crippen molar-refractivity contribution in [2.24, 2.45) is 5.41 Å². The van der Waals surface area contributed by atoms with Crippen LogP contribution in [0.4, 0.5) is 0 Å². The van der Waals surface area contributed by atoms with Crippen molar-refractivity contribution in [2.75, 3.05) is 0 Å². The molecular weight excluding hydrogens is 184 g/mol. The van der Waals surface area contributed by atoms with Crippen molar-refractivity contribution in [2.45, 2.75) is 51.2 Å². The Balaban J connectivity index is 2.77. The molecule has 0 saturated carbocycles. The first-order valence-corrected chi connectivity index (χ1v) is 5.56. The molecule has 1 aliphatic rings. The molecule has 76 valence electrons. The van der Waals surface area contributed by atoms with Gasteiger partial charge in [-0.1, -0.05) is 39.5 Å². The minimum atomic E-state index is -0.321. The van der Waals surface area contributed by atoms with Gasteiger partial charge < -0.3 is 4.74 Å². The van der Waals surface area contributed by atoms with Crippen LogP contribution in [-0.4, -0.2) is 16.2 Å². The van der Waals surface area contributed by atoms with Crippen molar-refractivity contribution >= 4 is 17.7 Å². The summed E-state index contributed by atoms with van der Waals surface area (Å²) in [5.41, 5.74) is 0.0396. The molecule has 1 heterocycles. The fraction of sp³-hybridized carbons (Fsp3) is 0.900. The van der Waals surface area contributed by atoms with Crippen molar-refractivity contribution in [3.63, 3.8) is 0 Å². The maximum atomic E-state index is 11.5. The van der Waals surface area contributed by atoms with E-state index in [0.29, 0.717) is 0 Å². The van der Waals surface area contributed by atoms with E-state index in [4.69, 9.17) is 4.74 Å². The zero-order valence-corrected chi connectivity index (χ0v) is 9.83. The first kappa shape index (κ1) is 10.9. The molecule has 1 rings (SSSR count). The van der Waals surface area contributed by atoms with Gasteiger partial charge in [-0.05, 0) is 13.3 Å². The first-order chi connectivity index (χ1) is 5.79. The van der Waals surface area contributed by atoms with E-state index < -0.39 is 0 Å². The number of carbonyl (C=O) groups excluding carboxylic acids is 1. The highest BCUT2D eigenvalue weighted by atomic mass is 32.2. The Morgan fingerprint density at radius 3 is 2.31 bits per heavy atom. The summed E-state index contributed by atoms with van der Waals surface area (Å²) in [5, 5.41) is 0. The molecule has 0 spiro atoms. The molecule has 0 bridgehead atoms. The van der Waals surface area contributed by atoms with Gasteiger partial charge in [-0.15, -0.1) is 0 Å². The van der Waals surface area contributed by atoms with Crippen LogP contribution in [0.3, 0.4) is 0 Å². The van der Waals surface area contributed by atoms with Gasteiger partial charge in [0.1, 0.15) is 4.75 Å². The van der Waals surface area contributed by atoms with E-state index >= 15 is 0 Å². The van der Waals surface area contributed by atoms with Gasteiger partial charge in [0.15, 0.2) is 5.44 Å². The number of cyclic esters (lactones) is 1. The van der Waals surface area contributed by atoms with E-state index in [2.05, 4.69) is 20.8 Å².